The fraction of sp³-hybridized carbons (Fsp3) is 0.400. The monoisotopic (exact) mass is 199 g/mol. The summed E-state index contributed by atoms with van der Waals surface area (Å²) in [6.07, 6.45) is 0.317. The molecular weight excluding hydrogens is 185 g/mol. The Morgan fingerprint density at radius 3 is 2.86 bits per heavy atom. The van der Waals surface area contributed by atoms with Gasteiger partial charge in [-0.3, -0.25) is 0 Å². The predicted octanol–water partition coefficient (Wildman–Crippen LogP) is 1.22. The summed E-state index contributed by atoms with van der Waals surface area (Å²) in [6.45, 7) is -0.0708. The molecule has 1 rings (SSSR count). The van der Waals surface area contributed by atoms with Gasteiger partial charge in [-0.15, -0.1) is 0 Å². The summed E-state index contributed by atoms with van der Waals surface area (Å²) in [7, 11) is 1.46. The van der Waals surface area contributed by atoms with Crippen LogP contribution in [0.2, 0.25) is 0 Å². The fourth-order valence-corrected chi connectivity index (χ4v) is 1.34. The Kier molecular flexibility index (Phi) is 3.85. The third-order valence-corrected chi connectivity index (χ3v) is 2.04. The van der Waals surface area contributed by atoms with E-state index in [1.165, 1.54) is 13.2 Å². The topological polar surface area (TPSA) is 55.5 Å². The fourth-order valence-electron chi connectivity index (χ4n) is 1.34. The summed E-state index contributed by atoms with van der Waals surface area (Å²) >= 11 is 0. The molecular formula is C10H14FNO2. The molecule has 0 fully saturated rings. The first-order chi connectivity index (χ1) is 6.70. The van der Waals surface area contributed by atoms with Crippen molar-refractivity contribution < 1.29 is 14.2 Å². The Morgan fingerprint density at radius 1 is 1.57 bits per heavy atom. The van der Waals surface area contributed by atoms with Gasteiger partial charge in [-0.2, -0.15) is 0 Å². The summed E-state index contributed by atoms with van der Waals surface area (Å²) in [5.74, 6) is 0.0243. The minimum Gasteiger partial charge on any atom is -0.496 e. The summed E-state index contributed by atoms with van der Waals surface area (Å²) in [5, 5.41) is 8.71. The van der Waals surface area contributed by atoms with Gasteiger partial charge >= 0.3 is 0 Å². The molecule has 1 unspecified atom stereocenters. The molecule has 4 heteroatoms. The van der Waals surface area contributed by atoms with Crippen molar-refractivity contribution in [2.75, 3.05) is 13.7 Å². The van der Waals surface area contributed by atoms with E-state index in [-0.39, 0.29) is 6.61 Å². The van der Waals surface area contributed by atoms with Crippen molar-refractivity contribution >= 4 is 0 Å². The average molecular weight is 199 g/mol. The van der Waals surface area contributed by atoms with Crippen LogP contribution in [-0.2, 0) is 0 Å². The number of benzene rings is 1. The molecule has 0 spiro atoms. The van der Waals surface area contributed by atoms with Crippen LogP contribution >= 0.6 is 0 Å². The molecule has 1 aromatic carbocycles. The van der Waals surface area contributed by atoms with Gasteiger partial charge in [-0.25, -0.2) is 4.39 Å². The molecule has 0 saturated heterocycles. The lowest BCUT2D eigenvalue weighted by molar-refractivity contribution is 0.273. The van der Waals surface area contributed by atoms with Crippen LogP contribution < -0.4 is 10.5 Å². The Labute approximate surface area is 82.3 Å². The average Bonchev–Trinajstić information content (AvgIpc) is 2.17. The Morgan fingerprint density at radius 2 is 2.29 bits per heavy atom. The summed E-state index contributed by atoms with van der Waals surface area (Å²) < 4.78 is 18.4. The minimum atomic E-state index is -0.531. The maximum absolute atomic E-state index is 13.4. The highest BCUT2D eigenvalue weighted by atomic mass is 19.1. The second kappa shape index (κ2) is 4.93. The van der Waals surface area contributed by atoms with Gasteiger partial charge in [0.2, 0.25) is 0 Å². The van der Waals surface area contributed by atoms with E-state index in [1.54, 1.807) is 12.1 Å². The molecule has 1 aromatic rings. The molecule has 0 aliphatic carbocycles. The zero-order valence-electron chi connectivity index (χ0n) is 8.03. The number of hydrogen-bond donors (Lipinski definition) is 2. The van der Waals surface area contributed by atoms with Crippen LogP contribution in [0, 0.1) is 5.82 Å². The number of ether oxygens (including phenoxy) is 1. The van der Waals surface area contributed by atoms with Gasteiger partial charge in [0.05, 0.1) is 7.11 Å². The lowest BCUT2D eigenvalue weighted by Crippen LogP contribution is -2.14. The first-order valence-electron chi connectivity index (χ1n) is 4.39. The maximum Gasteiger partial charge on any atom is 0.131 e. The van der Waals surface area contributed by atoms with Crippen molar-refractivity contribution in [1.82, 2.24) is 0 Å². The van der Waals surface area contributed by atoms with Crippen LogP contribution in [0.25, 0.3) is 0 Å². The molecule has 0 saturated carbocycles. The van der Waals surface area contributed by atoms with E-state index in [4.69, 9.17) is 15.6 Å². The Balaban J connectivity index is 3.03. The van der Waals surface area contributed by atoms with Gasteiger partial charge in [0.1, 0.15) is 11.6 Å². The van der Waals surface area contributed by atoms with Crippen LogP contribution in [0.4, 0.5) is 4.39 Å². The van der Waals surface area contributed by atoms with Crippen LogP contribution in [-0.4, -0.2) is 18.8 Å². The van der Waals surface area contributed by atoms with Crippen LogP contribution in [0.1, 0.15) is 18.0 Å². The first kappa shape index (κ1) is 10.9. The predicted molar refractivity (Wildman–Crippen MR) is 51.6 cm³/mol. The summed E-state index contributed by atoms with van der Waals surface area (Å²) in [4.78, 5) is 0. The lowest BCUT2D eigenvalue weighted by atomic mass is 10.0. The van der Waals surface area contributed by atoms with Crippen LogP contribution in [0.15, 0.2) is 18.2 Å². The van der Waals surface area contributed by atoms with E-state index in [9.17, 15) is 4.39 Å². The largest absolute Gasteiger partial charge is 0.496 e. The van der Waals surface area contributed by atoms with Gasteiger partial charge in [0.15, 0.2) is 0 Å². The molecule has 0 bridgehead atoms. The highest BCUT2D eigenvalue weighted by Crippen LogP contribution is 2.27. The summed E-state index contributed by atoms with van der Waals surface area (Å²) in [6, 6.07) is 4.00. The second-order valence-corrected chi connectivity index (χ2v) is 2.97. The van der Waals surface area contributed by atoms with E-state index in [0.717, 1.165) is 0 Å². The van der Waals surface area contributed by atoms with Gasteiger partial charge in [-0.05, 0) is 18.6 Å². The molecule has 0 aromatic heterocycles. The summed E-state index contributed by atoms with van der Waals surface area (Å²) in [5.41, 5.74) is 6.03. The molecule has 0 radical (unpaired) electrons. The van der Waals surface area contributed by atoms with E-state index < -0.39 is 11.9 Å². The highest BCUT2D eigenvalue weighted by Gasteiger charge is 2.15. The van der Waals surface area contributed by atoms with Gasteiger partial charge in [0, 0.05) is 18.2 Å². The Bertz CT molecular complexity index is 304. The van der Waals surface area contributed by atoms with Crippen molar-refractivity contribution in [3.05, 3.63) is 29.6 Å². The SMILES string of the molecule is COc1cccc(F)c1C(N)CCO. The van der Waals surface area contributed by atoms with Crippen molar-refractivity contribution in [2.24, 2.45) is 5.73 Å². The zero-order chi connectivity index (χ0) is 10.6. The number of halogens is 1. The maximum atomic E-state index is 13.4. The van der Waals surface area contributed by atoms with Gasteiger partial charge < -0.3 is 15.6 Å². The molecule has 1 atom stereocenters. The smallest absolute Gasteiger partial charge is 0.131 e. The molecule has 0 amide bonds. The number of hydrogen-bond acceptors (Lipinski definition) is 3. The van der Waals surface area contributed by atoms with Crippen LogP contribution in [0.3, 0.4) is 0 Å². The first-order valence-corrected chi connectivity index (χ1v) is 4.39. The van der Waals surface area contributed by atoms with Gasteiger partial charge in [-0.1, -0.05) is 6.07 Å². The molecule has 0 heterocycles. The number of methoxy groups -OCH3 is 1. The van der Waals surface area contributed by atoms with Crippen molar-refractivity contribution in [1.29, 1.82) is 0 Å². The van der Waals surface area contributed by atoms with E-state index in [2.05, 4.69) is 0 Å². The molecule has 0 aliphatic heterocycles. The van der Waals surface area contributed by atoms with Crippen molar-refractivity contribution in [3.63, 3.8) is 0 Å². The van der Waals surface area contributed by atoms with Crippen LogP contribution in [0.5, 0.6) is 5.75 Å². The van der Waals surface area contributed by atoms with E-state index >= 15 is 0 Å². The number of aliphatic hydroxyl groups excluding tert-OH is 1. The standard InChI is InChI=1S/C10H14FNO2/c1-14-9-4-2-3-7(11)10(9)8(12)5-6-13/h2-4,8,13H,5-6,12H2,1H3. The third-order valence-electron chi connectivity index (χ3n) is 2.04. The quantitative estimate of drug-likeness (QED) is 0.766. The van der Waals surface area contributed by atoms with Gasteiger partial charge in [0.25, 0.3) is 0 Å². The third kappa shape index (κ3) is 2.21. The second-order valence-electron chi connectivity index (χ2n) is 2.97. The highest BCUT2D eigenvalue weighted by molar-refractivity contribution is 5.36. The number of rotatable bonds is 4. The molecule has 14 heavy (non-hydrogen) atoms. The molecule has 78 valence electrons. The van der Waals surface area contributed by atoms with Crippen molar-refractivity contribution in [3.8, 4) is 5.75 Å². The normalized spacial score (nSPS) is 12.6. The zero-order valence-corrected chi connectivity index (χ0v) is 8.03. The van der Waals surface area contributed by atoms with E-state index in [1.807, 2.05) is 0 Å². The number of nitrogens with two attached hydrogens (primary N) is 1. The lowest BCUT2D eigenvalue weighted by Gasteiger charge is -2.15. The number of aliphatic hydroxyl groups is 1. The molecule has 3 nitrogen and oxygen atoms in total. The molecule has 3 N–H and O–H groups in total. The van der Waals surface area contributed by atoms with Crippen molar-refractivity contribution in [2.45, 2.75) is 12.5 Å². The van der Waals surface area contributed by atoms with E-state index in [0.29, 0.717) is 17.7 Å². The minimum absolute atomic E-state index is 0.0708. The Hall–Kier alpha value is -1.13. The molecule has 0 aliphatic rings.